The van der Waals surface area contributed by atoms with Crippen LogP contribution >= 0.6 is 0 Å². The van der Waals surface area contributed by atoms with Crippen molar-refractivity contribution in [2.45, 2.75) is 52.3 Å². The molecule has 39 heavy (non-hydrogen) atoms. The number of alkyl halides is 3. The van der Waals surface area contributed by atoms with Gasteiger partial charge in [0.2, 0.25) is 5.91 Å². The minimum absolute atomic E-state index is 0.0176. The number of carbonyl (C=O) groups excluding carboxylic acids is 2. The van der Waals surface area contributed by atoms with Crippen molar-refractivity contribution in [1.29, 1.82) is 0 Å². The van der Waals surface area contributed by atoms with E-state index in [2.05, 4.69) is 20.6 Å². The molecule has 3 aromatic rings. The van der Waals surface area contributed by atoms with Gasteiger partial charge in [-0.05, 0) is 49.6 Å². The molecule has 7 nitrogen and oxygen atoms in total. The Labute approximate surface area is 225 Å². The summed E-state index contributed by atoms with van der Waals surface area (Å²) in [5.41, 5.74) is 0.365. The zero-order valence-corrected chi connectivity index (χ0v) is 21.9. The van der Waals surface area contributed by atoms with E-state index >= 15 is 0 Å². The van der Waals surface area contributed by atoms with Crippen LogP contribution in [0.5, 0.6) is 0 Å². The van der Waals surface area contributed by atoms with Gasteiger partial charge in [-0.1, -0.05) is 30.7 Å². The van der Waals surface area contributed by atoms with Crippen LogP contribution in [0.15, 0.2) is 54.9 Å². The van der Waals surface area contributed by atoms with Gasteiger partial charge in [-0.25, -0.2) is 9.97 Å². The predicted octanol–water partition coefficient (Wildman–Crippen LogP) is 5.80. The highest BCUT2D eigenvalue weighted by atomic mass is 19.4. The van der Waals surface area contributed by atoms with Crippen molar-refractivity contribution in [3.8, 4) is 0 Å². The van der Waals surface area contributed by atoms with E-state index in [1.807, 2.05) is 6.92 Å². The van der Waals surface area contributed by atoms with Crippen LogP contribution in [-0.4, -0.2) is 34.9 Å². The number of aromatic nitrogens is 2. The van der Waals surface area contributed by atoms with Crippen LogP contribution in [0.4, 0.5) is 24.5 Å². The molecule has 0 saturated carbocycles. The van der Waals surface area contributed by atoms with Crippen molar-refractivity contribution >= 4 is 23.1 Å². The standard InChI is InChI=1S/C29H31F3N4O3/c1-3-4-26-33-16-21(17-34-26)25(37)14-28(11-12-39-18-28)27(38)35-15-20-6-8-22(9-7-20)36-24-10-5-19(2)13-23(24)29(30,31)32/h5-10,13,16-17,36H,3-4,11-12,14-15,18H2,1-2H3,(H,35,38)/t28-/m0/s1. The summed E-state index contributed by atoms with van der Waals surface area (Å²) in [7, 11) is 0. The second-order valence-corrected chi connectivity index (χ2v) is 9.87. The Morgan fingerprint density at radius 2 is 1.79 bits per heavy atom. The van der Waals surface area contributed by atoms with E-state index in [1.54, 1.807) is 37.3 Å². The number of ether oxygens (including phenoxy) is 1. The first-order valence-electron chi connectivity index (χ1n) is 12.8. The topological polar surface area (TPSA) is 93.2 Å². The van der Waals surface area contributed by atoms with E-state index in [4.69, 9.17) is 4.74 Å². The lowest BCUT2D eigenvalue weighted by molar-refractivity contribution is -0.137. The number of nitrogens with one attached hydrogen (secondary N) is 2. The molecular weight excluding hydrogens is 509 g/mol. The van der Waals surface area contributed by atoms with Gasteiger partial charge in [-0.3, -0.25) is 9.59 Å². The fourth-order valence-electron chi connectivity index (χ4n) is 4.50. The fourth-order valence-corrected chi connectivity index (χ4v) is 4.50. The van der Waals surface area contributed by atoms with Gasteiger partial charge in [-0.2, -0.15) is 13.2 Å². The van der Waals surface area contributed by atoms with E-state index in [0.29, 0.717) is 35.7 Å². The van der Waals surface area contributed by atoms with Crippen LogP contribution in [0.3, 0.4) is 0 Å². The highest BCUT2D eigenvalue weighted by molar-refractivity contribution is 5.99. The van der Waals surface area contributed by atoms with Crippen molar-refractivity contribution in [2.24, 2.45) is 5.41 Å². The Bertz CT molecular complexity index is 1300. The van der Waals surface area contributed by atoms with Crippen LogP contribution in [-0.2, 0) is 28.7 Å². The van der Waals surface area contributed by atoms with Crippen LogP contribution in [0, 0.1) is 12.3 Å². The van der Waals surface area contributed by atoms with Crippen molar-refractivity contribution < 1.29 is 27.5 Å². The first kappa shape index (κ1) is 28.2. The first-order valence-corrected chi connectivity index (χ1v) is 12.8. The summed E-state index contributed by atoms with van der Waals surface area (Å²) < 4.78 is 45.8. The third-order valence-electron chi connectivity index (χ3n) is 6.75. The maximum Gasteiger partial charge on any atom is 0.418 e. The van der Waals surface area contributed by atoms with Crippen molar-refractivity contribution in [1.82, 2.24) is 15.3 Å². The summed E-state index contributed by atoms with van der Waals surface area (Å²) in [6.07, 6.45) is 0.560. The molecule has 0 radical (unpaired) electrons. The second-order valence-electron chi connectivity index (χ2n) is 9.87. The molecule has 1 aromatic heterocycles. The van der Waals surface area contributed by atoms with Crippen molar-refractivity contribution in [2.75, 3.05) is 18.5 Å². The van der Waals surface area contributed by atoms with E-state index in [0.717, 1.165) is 24.5 Å². The highest BCUT2D eigenvalue weighted by Gasteiger charge is 2.44. The second kappa shape index (κ2) is 11.9. The Morgan fingerprint density at radius 3 is 2.41 bits per heavy atom. The molecule has 1 atom stereocenters. The van der Waals surface area contributed by atoms with E-state index < -0.39 is 17.2 Å². The number of nitrogens with zero attached hydrogens (tertiary/aromatic N) is 2. The zero-order chi connectivity index (χ0) is 28.0. The average Bonchev–Trinajstić information content (AvgIpc) is 3.39. The normalized spacial score (nSPS) is 17.2. The van der Waals surface area contributed by atoms with Gasteiger partial charge in [-0.15, -0.1) is 0 Å². The Morgan fingerprint density at radius 1 is 1.08 bits per heavy atom. The number of carbonyl (C=O) groups is 2. The molecule has 206 valence electrons. The van der Waals surface area contributed by atoms with Crippen molar-refractivity contribution in [3.63, 3.8) is 0 Å². The number of aryl methyl sites for hydroxylation is 2. The van der Waals surface area contributed by atoms with Gasteiger partial charge in [0, 0.05) is 44.1 Å². The molecule has 2 N–H and O–H groups in total. The Hall–Kier alpha value is -3.79. The average molecular weight is 541 g/mol. The lowest BCUT2D eigenvalue weighted by Gasteiger charge is -2.25. The summed E-state index contributed by atoms with van der Waals surface area (Å²) in [4.78, 5) is 34.6. The summed E-state index contributed by atoms with van der Waals surface area (Å²) in [6, 6.07) is 10.9. The summed E-state index contributed by atoms with van der Waals surface area (Å²) >= 11 is 0. The van der Waals surface area contributed by atoms with Crippen LogP contribution in [0.2, 0.25) is 0 Å². The summed E-state index contributed by atoms with van der Waals surface area (Å²) in [5.74, 6) is 0.170. The number of rotatable bonds is 10. The minimum Gasteiger partial charge on any atom is -0.380 e. The molecular formula is C29H31F3N4O3. The van der Waals surface area contributed by atoms with Gasteiger partial charge < -0.3 is 15.4 Å². The van der Waals surface area contributed by atoms with Crippen LogP contribution in [0.25, 0.3) is 0 Å². The zero-order valence-electron chi connectivity index (χ0n) is 21.9. The first-order chi connectivity index (χ1) is 18.6. The largest absolute Gasteiger partial charge is 0.418 e. The Kier molecular flexibility index (Phi) is 8.64. The number of halogens is 3. The molecule has 0 unspecified atom stereocenters. The molecule has 0 aliphatic carbocycles. The monoisotopic (exact) mass is 540 g/mol. The Balaban J connectivity index is 1.38. The maximum absolute atomic E-state index is 13.4. The molecule has 0 spiro atoms. The molecule has 4 rings (SSSR count). The van der Waals surface area contributed by atoms with Crippen molar-refractivity contribution in [3.05, 3.63) is 82.9 Å². The molecule has 2 heterocycles. The smallest absolute Gasteiger partial charge is 0.380 e. The number of hydrogen-bond donors (Lipinski definition) is 2. The van der Waals surface area contributed by atoms with Gasteiger partial charge in [0.1, 0.15) is 5.82 Å². The lowest BCUT2D eigenvalue weighted by Crippen LogP contribution is -2.42. The minimum atomic E-state index is -4.48. The van der Waals surface area contributed by atoms with Gasteiger partial charge in [0.25, 0.3) is 0 Å². The van der Waals surface area contributed by atoms with Gasteiger partial charge in [0.05, 0.1) is 28.8 Å². The van der Waals surface area contributed by atoms with Gasteiger partial charge in [0.15, 0.2) is 5.78 Å². The number of Topliss-reactive ketones (excluding diaryl/α,β-unsaturated/α-hetero) is 1. The van der Waals surface area contributed by atoms with Gasteiger partial charge >= 0.3 is 6.18 Å². The van der Waals surface area contributed by atoms with E-state index in [9.17, 15) is 22.8 Å². The number of anilines is 2. The lowest BCUT2D eigenvalue weighted by atomic mass is 9.80. The molecule has 10 heteroatoms. The molecule has 1 amide bonds. The van der Waals surface area contributed by atoms with E-state index in [1.165, 1.54) is 18.5 Å². The predicted molar refractivity (Wildman–Crippen MR) is 141 cm³/mol. The third kappa shape index (κ3) is 7.00. The van der Waals surface area contributed by atoms with E-state index in [-0.39, 0.29) is 37.0 Å². The molecule has 1 aliphatic heterocycles. The quantitative estimate of drug-likeness (QED) is 0.316. The highest BCUT2D eigenvalue weighted by Crippen LogP contribution is 2.37. The van der Waals surface area contributed by atoms with Crippen LogP contribution < -0.4 is 10.6 Å². The fraction of sp³-hybridized carbons (Fsp3) is 0.379. The maximum atomic E-state index is 13.4. The number of hydrogen-bond acceptors (Lipinski definition) is 6. The molecule has 0 bridgehead atoms. The molecule has 1 saturated heterocycles. The molecule has 1 aliphatic rings. The van der Waals surface area contributed by atoms with Crippen LogP contribution in [0.1, 0.15) is 59.1 Å². The SMILES string of the molecule is CCCc1ncc(C(=O)C[C@@]2(C(=O)NCc3ccc(Nc4ccc(C)cc4C(F)(F)F)cc3)CCOC2)cn1. The number of benzene rings is 2. The molecule has 2 aromatic carbocycles. The molecule has 1 fully saturated rings. The number of amides is 1. The summed E-state index contributed by atoms with van der Waals surface area (Å²) in [6.45, 7) is 4.35. The summed E-state index contributed by atoms with van der Waals surface area (Å²) in [5, 5.41) is 5.72. The third-order valence-corrected chi connectivity index (χ3v) is 6.75. The number of ketones is 1.